The number of carbonyl (C=O) groups is 1. The fourth-order valence-electron chi connectivity index (χ4n) is 3.36. The van der Waals surface area contributed by atoms with Gasteiger partial charge in [-0.1, -0.05) is 0 Å². The van der Waals surface area contributed by atoms with Crippen LogP contribution in [-0.2, 0) is 11.3 Å². The SMILES string of the molecule is CC(C)(C)OC(=O)N1CC[C@@H](n2ncc(COc3ccc(-n4cnnn4)cc3F)n2)[C@H](F)C1. The lowest BCUT2D eigenvalue weighted by molar-refractivity contribution is 0.00443. The lowest BCUT2D eigenvalue weighted by Crippen LogP contribution is -2.47. The van der Waals surface area contributed by atoms with Crippen LogP contribution in [0.2, 0.25) is 0 Å². The van der Waals surface area contributed by atoms with E-state index in [-0.39, 0.29) is 18.9 Å². The van der Waals surface area contributed by atoms with Gasteiger partial charge in [-0.3, -0.25) is 0 Å². The Labute approximate surface area is 188 Å². The minimum absolute atomic E-state index is 0.0235. The molecule has 11 nitrogen and oxygen atoms in total. The summed E-state index contributed by atoms with van der Waals surface area (Å²) in [5, 5.41) is 19.1. The van der Waals surface area contributed by atoms with Gasteiger partial charge in [-0.15, -0.1) is 5.10 Å². The highest BCUT2D eigenvalue weighted by Crippen LogP contribution is 2.26. The molecule has 13 heteroatoms. The second kappa shape index (κ2) is 9.08. The zero-order chi connectivity index (χ0) is 23.6. The van der Waals surface area contributed by atoms with E-state index in [0.29, 0.717) is 24.3 Å². The predicted molar refractivity (Wildman–Crippen MR) is 110 cm³/mol. The maximum atomic E-state index is 14.8. The standard InChI is InChI=1S/C20H24F2N8O3/c1-20(2,3)33-19(31)28-7-6-17(16(22)10-28)30-24-9-13(25-30)11-32-18-5-4-14(8-15(18)21)29-12-23-26-27-29/h4-5,8-9,12,16-17H,6-7,10-11H2,1-3H3/t16-,17-/m1/s1. The van der Waals surface area contributed by atoms with Crippen LogP contribution in [0.15, 0.2) is 30.7 Å². The molecule has 0 spiro atoms. The maximum absolute atomic E-state index is 14.8. The Hall–Kier alpha value is -3.64. The summed E-state index contributed by atoms with van der Waals surface area (Å²) in [7, 11) is 0. The summed E-state index contributed by atoms with van der Waals surface area (Å²) in [6.45, 7) is 5.45. The molecule has 1 aliphatic heterocycles. The molecule has 1 aliphatic rings. The van der Waals surface area contributed by atoms with Crippen LogP contribution in [0.3, 0.4) is 0 Å². The zero-order valence-corrected chi connectivity index (χ0v) is 18.4. The number of hydrogen-bond acceptors (Lipinski definition) is 8. The molecule has 3 aromatic rings. The van der Waals surface area contributed by atoms with Gasteiger partial charge in [-0.2, -0.15) is 15.0 Å². The van der Waals surface area contributed by atoms with Crippen LogP contribution in [-0.4, -0.2) is 71.1 Å². The van der Waals surface area contributed by atoms with Gasteiger partial charge in [0, 0.05) is 12.6 Å². The van der Waals surface area contributed by atoms with E-state index in [9.17, 15) is 13.6 Å². The molecule has 0 bridgehead atoms. The smallest absolute Gasteiger partial charge is 0.410 e. The number of ether oxygens (including phenoxy) is 2. The summed E-state index contributed by atoms with van der Waals surface area (Å²) in [5.74, 6) is -0.566. The molecule has 1 amide bonds. The van der Waals surface area contributed by atoms with E-state index in [1.807, 2.05) is 0 Å². The predicted octanol–water partition coefficient (Wildman–Crippen LogP) is 2.49. The quantitative estimate of drug-likeness (QED) is 0.568. The molecular formula is C20H24F2N8O3. The molecule has 0 aliphatic carbocycles. The molecule has 1 aromatic carbocycles. The van der Waals surface area contributed by atoms with Crippen molar-refractivity contribution < 1.29 is 23.0 Å². The minimum Gasteiger partial charge on any atom is -0.484 e. The van der Waals surface area contributed by atoms with Gasteiger partial charge < -0.3 is 14.4 Å². The first-order valence-corrected chi connectivity index (χ1v) is 10.4. The van der Waals surface area contributed by atoms with Crippen LogP contribution < -0.4 is 4.74 Å². The van der Waals surface area contributed by atoms with E-state index >= 15 is 0 Å². The summed E-state index contributed by atoms with van der Waals surface area (Å²) in [6.07, 6.45) is 1.23. The molecule has 176 valence electrons. The Bertz CT molecular complexity index is 1100. The fourth-order valence-corrected chi connectivity index (χ4v) is 3.36. The number of alkyl halides is 1. The fraction of sp³-hybridized carbons (Fsp3) is 0.500. The van der Waals surface area contributed by atoms with E-state index in [2.05, 4.69) is 25.7 Å². The molecule has 0 unspecified atom stereocenters. The lowest BCUT2D eigenvalue weighted by atomic mass is 10.0. The molecule has 2 atom stereocenters. The topological polar surface area (TPSA) is 113 Å². The number of carbonyl (C=O) groups excluding carboxylic acids is 1. The van der Waals surface area contributed by atoms with Crippen molar-refractivity contribution in [2.24, 2.45) is 0 Å². The van der Waals surface area contributed by atoms with Crippen molar-refractivity contribution in [3.05, 3.63) is 42.2 Å². The number of halogens is 2. The first-order valence-electron chi connectivity index (χ1n) is 10.4. The van der Waals surface area contributed by atoms with Crippen molar-refractivity contribution in [2.75, 3.05) is 13.1 Å². The van der Waals surface area contributed by atoms with Gasteiger partial charge in [-0.25, -0.2) is 18.3 Å². The van der Waals surface area contributed by atoms with Crippen LogP contribution in [0.5, 0.6) is 5.75 Å². The maximum Gasteiger partial charge on any atom is 0.410 e. The van der Waals surface area contributed by atoms with Crippen molar-refractivity contribution in [1.29, 1.82) is 0 Å². The Balaban J connectivity index is 1.34. The molecule has 4 rings (SSSR count). The minimum atomic E-state index is -1.36. The normalized spacial score (nSPS) is 18.9. The number of tetrazole rings is 1. The second-order valence-corrected chi connectivity index (χ2v) is 8.61. The van der Waals surface area contributed by atoms with Crippen molar-refractivity contribution in [2.45, 2.75) is 51.6 Å². The van der Waals surface area contributed by atoms with E-state index < -0.39 is 29.7 Å². The van der Waals surface area contributed by atoms with Crippen LogP contribution in [0.1, 0.15) is 38.9 Å². The van der Waals surface area contributed by atoms with Crippen molar-refractivity contribution in [3.63, 3.8) is 0 Å². The number of rotatable bonds is 5. The molecule has 0 N–H and O–H groups in total. The van der Waals surface area contributed by atoms with E-state index in [0.717, 1.165) is 0 Å². The van der Waals surface area contributed by atoms with Crippen LogP contribution in [0, 0.1) is 5.82 Å². The molecular weight excluding hydrogens is 438 g/mol. The first kappa shape index (κ1) is 22.6. The third-order valence-electron chi connectivity index (χ3n) is 4.92. The molecule has 0 saturated carbocycles. The number of amides is 1. The van der Waals surface area contributed by atoms with Crippen LogP contribution in [0.4, 0.5) is 13.6 Å². The Morgan fingerprint density at radius 1 is 1.30 bits per heavy atom. The van der Waals surface area contributed by atoms with E-state index in [4.69, 9.17) is 9.47 Å². The Morgan fingerprint density at radius 2 is 2.12 bits per heavy atom. The molecule has 0 radical (unpaired) electrons. The number of hydrogen-bond donors (Lipinski definition) is 0. The summed E-state index contributed by atoms with van der Waals surface area (Å²) in [4.78, 5) is 14.8. The summed E-state index contributed by atoms with van der Waals surface area (Å²) in [6, 6.07) is 3.69. The lowest BCUT2D eigenvalue weighted by Gasteiger charge is -2.35. The first-order chi connectivity index (χ1) is 15.7. The summed E-state index contributed by atoms with van der Waals surface area (Å²) >= 11 is 0. The number of benzene rings is 1. The molecule has 1 saturated heterocycles. The monoisotopic (exact) mass is 462 g/mol. The van der Waals surface area contributed by atoms with E-state index in [1.165, 1.54) is 39.0 Å². The number of nitrogens with zero attached hydrogens (tertiary/aromatic N) is 8. The third-order valence-corrected chi connectivity index (χ3v) is 4.92. The average molecular weight is 462 g/mol. The van der Waals surface area contributed by atoms with Crippen molar-refractivity contribution >= 4 is 6.09 Å². The van der Waals surface area contributed by atoms with Gasteiger partial charge in [0.15, 0.2) is 11.6 Å². The zero-order valence-electron chi connectivity index (χ0n) is 18.4. The van der Waals surface area contributed by atoms with Gasteiger partial charge >= 0.3 is 6.09 Å². The highest BCUT2D eigenvalue weighted by Gasteiger charge is 2.35. The number of aromatic nitrogens is 7. The summed E-state index contributed by atoms with van der Waals surface area (Å²) < 4.78 is 41.3. The van der Waals surface area contributed by atoms with Crippen molar-refractivity contribution in [1.82, 2.24) is 40.1 Å². The average Bonchev–Trinajstić information content (AvgIpc) is 3.44. The summed E-state index contributed by atoms with van der Waals surface area (Å²) in [5.41, 5.74) is 0.217. The van der Waals surface area contributed by atoms with E-state index in [1.54, 1.807) is 26.8 Å². The Morgan fingerprint density at radius 3 is 2.79 bits per heavy atom. The molecule has 33 heavy (non-hydrogen) atoms. The van der Waals surface area contributed by atoms with Crippen LogP contribution in [0.25, 0.3) is 5.69 Å². The van der Waals surface area contributed by atoms with Crippen molar-refractivity contribution in [3.8, 4) is 11.4 Å². The molecule has 2 aromatic heterocycles. The molecule has 1 fully saturated rings. The number of likely N-dealkylation sites (tertiary alicyclic amines) is 1. The largest absolute Gasteiger partial charge is 0.484 e. The van der Waals surface area contributed by atoms with Crippen LogP contribution >= 0.6 is 0 Å². The van der Waals surface area contributed by atoms with Gasteiger partial charge in [0.25, 0.3) is 0 Å². The highest BCUT2D eigenvalue weighted by molar-refractivity contribution is 5.68. The third kappa shape index (κ3) is 5.41. The van der Waals surface area contributed by atoms with Gasteiger partial charge in [0.2, 0.25) is 0 Å². The highest BCUT2D eigenvalue weighted by atomic mass is 19.1. The van der Waals surface area contributed by atoms with Gasteiger partial charge in [-0.05, 0) is 49.8 Å². The second-order valence-electron chi connectivity index (χ2n) is 8.61. The van der Waals surface area contributed by atoms with Gasteiger partial charge in [0.05, 0.1) is 18.4 Å². The van der Waals surface area contributed by atoms with Gasteiger partial charge in [0.1, 0.15) is 36.4 Å². The Kier molecular flexibility index (Phi) is 6.20. The molecule has 3 heterocycles. The number of piperidine rings is 1.